The maximum Gasteiger partial charge on any atom is 0.434 e. The van der Waals surface area contributed by atoms with Gasteiger partial charge in [-0.05, 0) is 18.4 Å². The molecule has 0 aliphatic rings. The van der Waals surface area contributed by atoms with Crippen molar-refractivity contribution in [3.8, 4) is 5.69 Å². The Hall–Kier alpha value is -1.96. The Kier molecular flexibility index (Phi) is 5.12. The van der Waals surface area contributed by atoms with Gasteiger partial charge in [0.25, 0.3) is 5.91 Å². The third kappa shape index (κ3) is 3.62. The molecule has 0 atom stereocenters. The summed E-state index contributed by atoms with van der Waals surface area (Å²) in [7, 11) is 0. The molecule has 2 aromatic rings. The number of para-hydroxylation sites is 1. The number of thioether (sulfide) groups is 1. The molecule has 1 aromatic heterocycles. The molecule has 1 amide bonds. The van der Waals surface area contributed by atoms with Gasteiger partial charge in [0.15, 0.2) is 5.69 Å². The first-order valence-corrected chi connectivity index (χ1v) is 7.82. The van der Waals surface area contributed by atoms with Gasteiger partial charge < -0.3 is 5.32 Å². The minimum Gasteiger partial charge on any atom is -0.351 e. The fourth-order valence-corrected chi connectivity index (χ4v) is 2.22. The highest BCUT2D eigenvalue weighted by Gasteiger charge is 2.40. The summed E-state index contributed by atoms with van der Waals surface area (Å²) >= 11 is 1.49. The predicted molar refractivity (Wildman–Crippen MR) is 79.3 cm³/mol. The average Bonchev–Trinajstić information content (AvgIpc) is 2.93. The molecule has 0 aliphatic carbocycles. The van der Waals surface area contributed by atoms with Gasteiger partial charge in [-0.2, -0.15) is 30.0 Å². The molecule has 118 valence electrons. The van der Waals surface area contributed by atoms with Crippen molar-refractivity contribution in [1.29, 1.82) is 0 Å². The highest BCUT2D eigenvalue weighted by Crippen LogP contribution is 2.33. The number of benzene rings is 1. The van der Waals surface area contributed by atoms with Gasteiger partial charge in [0.2, 0.25) is 0 Å². The van der Waals surface area contributed by atoms with E-state index >= 15 is 0 Å². The number of hydrogen-bond donors (Lipinski definition) is 1. The largest absolute Gasteiger partial charge is 0.434 e. The van der Waals surface area contributed by atoms with E-state index in [1.165, 1.54) is 23.9 Å². The maximum absolute atomic E-state index is 13.3. The molecule has 1 aromatic carbocycles. The molecule has 8 heteroatoms. The van der Waals surface area contributed by atoms with Gasteiger partial charge in [0.1, 0.15) is 0 Å². The van der Waals surface area contributed by atoms with E-state index in [2.05, 4.69) is 10.4 Å². The fourth-order valence-electron chi connectivity index (χ4n) is 1.91. The Labute approximate surface area is 129 Å². The van der Waals surface area contributed by atoms with Crippen molar-refractivity contribution >= 4 is 17.7 Å². The van der Waals surface area contributed by atoms with Gasteiger partial charge >= 0.3 is 6.18 Å². The van der Waals surface area contributed by atoms with Crippen LogP contribution in [0.25, 0.3) is 5.69 Å². The summed E-state index contributed by atoms with van der Waals surface area (Å²) in [4.78, 5) is 12.0. The predicted octanol–water partition coefficient (Wildman–Crippen LogP) is 2.98. The van der Waals surface area contributed by atoms with Gasteiger partial charge in [-0.15, -0.1) is 0 Å². The van der Waals surface area contributed by atoms with E-state index in [9.17, 15) is 18.0 Å². The number of amides is 1. The molecule has 0 radical (unpaired) electrons. The highest BCUT2D eigenvalue weighted by atomic mass is 32.2. The van der Waals surface area contributed by atoms with Crippen molar-refractivity contribution < 1.29 is 18.0 Å². The molecule has 2 rings (SSSR count). The summed E-state index contributed by atoms with van der Waals surface area (Å²) in [5.74, 6) is -0.150. The Balaban J connectivity index is 2.40. The van der Waals surface area contributed by atoms with Crippen LogP contribution in [-0.4, -0.2) is 34.2 Å². The Morgan fingerprint density at radius 2 is 2.00 bits per heavy atom. The summed E-state index contributed by atoms with van der Waals surface area (Å²) in [5.41, 5.74) is -1.30. The highest BCUT2D eigenvalue weighted by molar-refractivity contribution is 7.98. The number of carbonyl (C=O) groups excluding carboxylic acids is 1. The summed E-state index contributed by atoms with van der Waals surface area (Å²) < 4.78 is 40.7. The maximum atomic E-state index is 13.3. The third-order valence-electron chi connectivity index (χ3n) is 2.87. The average molecular weight is 329 g/mol. The number of alkyl halides is 3. The fraction of sp³-hybridized carbons (Fsp3) is 0.286. The minimum absolute atomic E-state index is 0.248. The van der Waals surface area contributed by atoms with Gasteiger partial charge in [0.05, 0.1) is 17.4 Å². The van der Waals surface area contributed by atoms with Crippen LogP contribution in [-0.2, 0) is 6.18 Å². The van der Waals surface area contributed by atoms with Crippen LogP contribution in [0.5, 0.6) is 0 Å². The van der Waals surface area contributed by atoms with E-state index < -0.39 is 23.3 Å². The van der Waals surface area contributed by atoms with Crippen LogP contribution in [0.1, 0.15) is 16.1 Å². The molecule has 0 fully saturated rings. The summed E-state index contributed by atoms with van der Waals surface area (Å²) in [6.07, 6.45) is -1.89. The number of aromatic nitrogens is 2. The lowest BCUT2D eigenvalue weighted by Crippen LogP contribution is -2.28. The van der Waals surface area contributed by atoms with Crippen molar-refractivity contribution in [2.45, 2.75) is 6.18 Å². The molecule has 1 N–H and O–H groups in total. The molecular weight excluding hydrogens is 315 g/mol. The number of halogens is 3. The zero-order chi connectivity index (χ0) is 16.2. The van der Waals surface area contributed by atoms with E-state index in [1.54, 1.807) is 18.2 Å². The standard InChI is InChI=1S/C14H14F3N3OS/c1-22-8-7-18-13(21)11-9-19-20(12(11)14(15,16)17)10-5-3-2-4-6-10/h2-6,9H,7-8H2,1H3,(H,18,21). The lowest BCUT2D eigenvalue weighted by molar-refractivity contribution is -0.143. The lowest BCUT2D eigenvalue weighted by Gasteiger charge is -2.12. The number of hydrogen-bond acceptors (Lipinski definition) is 3. The van der Waals surface area contributed by atoms with Gasteiger partial charge in [-0.3, -0.25) is 4.79 Å². The number of carbonyl (C=O) groups is 1. The van der Waals surface area contributed by atoms with Crippen molar-refractivity contribution in [3.05, 3.63) is 47.8 Å². The Bertz CT molecular complexity index is 641. The van der Waals surface area contributed by atoms with E-state index in [-0.39, 0.29) is 5.69 Å². The molecule has 0 aliphatic heterocycles. The van der Waals surface area contributed by atoms with E-state index in [0.717, 1.165) is 10.9 Å². The van der Waals surface area contributed by atoms with Crippen molar-refractivity contribution in [3.63, 3.8) is 0 Å². The lowest BCUT2D eigenvalue weighted by atomic mass is 10.2. The van der Waals surface area contributed by atoms with Crippen LogP contribution >= 0.6 is 11.8 Å². The smallest absolute Gasteiger partial charge is 0.351 e. The van der Waals surface area contributed by atoms with Crippen molar-refractivity contribution in [2.75, 3.05) is 18.6 Å². The van der Waals surface area contributed by atoms with Gasteiger partial charge in [-0.1, -0.05) is 18.2 Å². The van der Waals surface area contributed by atoms with E-state index in [0.29, 0.717) is 12.3 Å². The molecule has 4 nitrogen and oxygen atoms in total. The van der Waals surface area contributed by atoms with Crippen molar-refractivity contribution in [1.82, 2.24) is 15.1 Å². The first kappa shape index (κ1) is 16.4. The van der Waals surface area contributed by atoms with Crippen LogP contribution in [0.2, 0.25) is 0 Å². The van der Waals surface area contributed by atoms with Crippen LogP contribution < -0.4 is 5.32 Å². The molecule has 0 spiro atoms. The zero-order valence-corrected chi connectivity index (χ0v) is 12.5. The van der Waals surface area contributed by atoms with Gasteiger partial charge in [0, 0.05) is 12.3 Å². The zero-order valence-electron chi connectivity index (χ0n) is 11.7. The first-order chi connectivity index (χ1) is 10.4. The normalized spacial score (nSPS) is 11.5. The van der Waals surface area contributed by atoms with Crippen LogP contribution in [0.4, 0.5) is 13.2 Å². The topological polar surface area (TPSA) is 46.9 Å². The first-order valence-electron chi connectivity index (χ1n) is 6.43. The van der Waals surface area contributed by atoms with E-state index in [4.69, 9.17) is 0 Å². The van der Waals surface area contributed by atoms with Crippen molar-refractivity contribution in [2.24, 2.45) is 0 Å². The third-order valence-corrected chi connectivity index (χ3v) is 3.49. The molecule has 1 heterocycles. The SMILES string of the molecule is CSCCNC(=O)c1cnn(-c2ccccc2)c1C(F)(F)F. The summed E-state index contributed by atoms with van der Waals surface area (Å²) in [6, 6.07) is 7.90. The molecule has 0 saturated heterocycles. The Morgan fingerprint density at radius 1 is 1.32 bits per heavy atom. The Morgan fingerprint density at radius 3 is 2.59 bits per heavy atom. The monoisotopic (exact) mass is 329 g/mol. The molecule has 0 saturated carbocycles. The number of nitrogens with one attached hydrogen (secondary N) is 1. The molecular formula is C14H14F3N3OS. The minimum atomic E-state index is -4.68. The molecule has 0 unspecified atom stereocenters. The summed E-state index contributed by atoms with van der Waals surface area (Å²) in [6.45, 7) is 0.299. The molecule has 22 heavy (non-hydrogen) atoms. The second-order valence-electron chi connectivity index (χ2n) is 4.40. The second-order valence-corrected chi connectivity index (χ2v) is 5.39. The number of nitrogens with zero attached hydrogens (tertiary/aromatic N) is 2. The van der Waals surface area contributed by atoms with E-state index in [1.807, 2.05) is 6.26 Å². The van der Waals surface area contributed by atoms with Crippen LogP contribution in [0.3, 0.4) is 0 Å². The second kappa shape index (κ2) is 6.87. The van der Waals surface area contributed by atoms with Gasteiger partial charge in [-0.25, -0.2) is 4.68 Å². The number of rotatable bonds is 5. The van der Waals surface area contributed by atoms with Crippen LogP contribution in [0, 0.1) is 0 Å². The summed E-state index contributed by atoms with van der Waals surface area (Å²) in [5, 5.41) is 6.20. The molecule has 0 bridgehead atoms. The van der Waals surface area contributed by atoms with Crippen LogP contribution in [0.15, 0.2) is 36.5 Å². The quantitative estimate of drug-likeness (QED) is 0.858.